The number of aliphatic hydroxyl groups excluding tert-OH is 1. The predicted octanol–water partition coefficient (Wildman–Crippen LogP) is 6.10. The molecule has 0 amide bonds. The second kappa shape index (κ2) is 6.03. The van der Waals surface area contributed by atoms with Crippen molar-refractivity contribution in [2.24, 2.45) is 0 Å². The Kier molecular flexibility index (Phi) is 3.51. The van der Waals surface area contributed by atoms with Crippen molar-refractivity contribution in [3.05, 3.63) is 113 Å². The van der Waals surface area contributed by atoms with Crippen LogP contribution in [0.15, 0.2) is 96.3 Å². The first-order chi connectivity index (χ1) is 13.2. The maximum atomic E-state index is 10.5. The van der Waals surface area contributed by atoms with Gasteiger partial charge in [-0.15, -0.1) is 0 Å². The van der Waals surface area contributed by atoms with E-state index < -0.39 is 0 Å². The minimum Gasteiger partial charge on any atom is -0.508 e. The van der Waals surface area contributed by atoms with Gasteiger partial charge in [0.15, 0.2) is 0 Å². The molecule has 0 aromatic heterocycles. The van der Waals surface area contributed by atoms with Gasteiger partial charge in [-0.2, -0.15) is 0 Å². The molecule has 0 heterocycles. The summed E-state index contributed by atoms with van der Waals surface area (Å²) in [5.41, 5.74) is 8.70. The van der Waals surface area contributed by atoms with E-state index >= 15 is 0 Å². The molecule has 27 heavy (non-hydrogen) atoms. The average molecular weight is 350 g/mol. The third kappa shape index (κ3) is 2.42. The molecule has 2 heteroatoms. The molecule has 5 rings (SSSR count). The van der Waals surface area contributed by atoms with E-state index in [1.54, 1.807) is 18.2 Å². The van der Waals surface area contributed by atoms with Gasteiger partial charge >= 0.3 is 0 Å². The van der Waals surface area contributed by atoms with Crippen molar-refractivity contribution in [3.63, 3.8) is 0 Å². The molecule has 2 aliphatic rings. The molecule has 0 saturated carbocycles. The van der Waals surface area contributed by atoms with Gasteiger partial charge in [-0.3, -0.25) is 0 Å². The molecule has 0 spiro atoms. The van der Waals surface area contributed by atoms with Gasteiger partial charge in [-0.05, 0) is 45.5 Å². The summed E-state index contributed by atoms with van der Waals surface area (Å²) >= 11 is 0. The maximum absolute atomic E-state index is 10.5. The molecule has 2 N–H and O–H groups in total. The molecule has 0 saturated heterocycles. The summed E-state index contributed by atoms with van der Waals surface area (Å²) in [5.74, 6) is 0.395. The van der Waals surface area contributed by atoms with Gasteiger partial charge in [0.25, 0.3) is 0 Å². The van der Waals surface area contributed by atoms with E-state index in [0.29, 0.717) is 12.0 Å². The zero-order valence-electron chi connectivity index (χ0n) is 14.7. The molecule has 2 aliphatic carbocycles. The first kappa shape index (κ1) is 15.7. The monoisotopic (exact) mass is 350 g/mol. The number of benzene rings is 3. The van der Waals surface area contributed by atoms with Crippen LogP contribution in [-0.4, -0.2) is 10.2 Å². The van der Waals surface area contributed by atoms with Crippen LogP contribution in [0.2, 0.25) is 0 Å². The summed E-state index contributed by atoms with van der Waals surface area (Å²) in [6.45, 7) is 0. The highest BCUT2D eigenvalue weighted by molar-refractivity contribution is 6.03. The topological polar surface area (TPSA) is 40.5 Å². The van der Waals surface area contributed by atoms with Crippen LogP contribution in [0.5, 0.6) is 5.75 Å². The van der Waals surface area contributed by atoms with Gasteiger partial charge in [0.1, 0.15) is 11.5 Å². The number of phenols is 1. The lowest BCUT2D eigenvalue weighted by Crippen LogP contribution is -2.00. The Morgan fingerprint density at radius 2 is 1.07 bits per heavy atom. The van der Waals surface area contributed by atoms with Crippen LogP contribution in [0.1, 0.15) is 23.1 Å². The van der Waals surface area contributed by atoms with E-state index in [1.165, 1.54) is 27.8 Å². The molecular weight excluding hydrogens is 332 g/mol. The summed E-state index contributed by atoms with van der Waals surface area (Å²) in [7, 11) is 0. The first-order valence-electron chi connectivity index (χ1n) is 9.05. The molecule has 2 nitrogen and oxygen atoms in total. The number of phenolic OH excluding ortho intramolecular Hbond substituents is 1. The minimum absolute atomic E-state index is 0.186. The standard InChI is InChI=1S/C25H18O2/c26-23-12-6-5-9-19(23)22-15-16(13-14-24(22)27)25-20-10-3-1-7-17(20)18-8-2-4-11-21(18)25/h1-14,26-27H,15H2. The summed E-state index contributed by atoms with van der Waals surface area (Å²) < 4.78 is 0. The number of hydrogen-bond acceptors (Lipinski definition) is 2. The van der Waals surface area contributed by atoms with Crippen LogP contribution >= 0.6 is 0 Å². The van der Waals surface area contributed by atoms with Crippen LogP contribution in [0, 0.1) is 0 Å². The lowest BCUT2D eigenvalue weighted by Gasteiger charge is -2.18. The molecular formula is C25H18O2. The largest absolute Gasteiger partial charge is 0.508 e. The van der Waals surface area contributed by atoms with Gasteiger partial charge in [0.2, 0.25) is 0 Å². The fourth-order valence-electron chi connectivity index (χ4n) is 4.12. The average Bonchev–Trinajstić information content (AvgIpc) is 3.04. The minimum atomic E-state index is 0.186. The Hall–Kier alpha value is -3.52. The second-order valence-electron chi connectivity index (χ2n) is 6.88. The van der Waals surface area contributed by atoms with E-state index in [4.69, 9.17) is 0 Å². The summed E-state index contributed by atoms with van der Waals surface area (Å²) in [6, 6.07) is 24.1. The third-order valence-corrected chi connectivity index (χ3v) is 5.35. The molecule has 0 bridgehead atoms. The number of fused-ring (bicyclic) bond motifs is 3. The first-order valence-corrected chi connectivity index (χ1v) is 9.05. The zero-order valence-corrected chi connectivity index (χ0v) is 14.7. The summed E-state index contributed by atoms with van der Waals surface area (Å²) in [4.78, 5) is 0. The molecule has 0 atom stereocenters. The number of aliphatic hydroxyl groups is 1. The van der Waals surface area contributed by atoms with Crippen molar-refractivity contribution in [2.45, 2.75) is 6.42 Å². The summed E-state index contributed by atoms with van der Waals surface area (Å²) in [6.07, 6.45) is 4.29. The molecule has 0 unspecified atom stereocenters. The Labute approximate surface area is 158 Å². The number of hydrogen-bond donors (Lipinski definition) is 2. The van der Waals surface area contributed by atoms with Crippen LogP contribution in [0.3, 0.4) is 0 Å². The molecule has 3 aromatic rings. The fraction of sp³-hybridized carbons (Fsp3) is 0.0400. The molecule has 0 fully saturated rings. The maximum Gasteiger partial charge on any atom is 0.123 e. The Morgan fingerprint density at radius 3 is 1.67 bits per heavy atom. The highest BCUT2D eigenvalue weighted by Gasteiger charge is 2.27. The van der Waals surface area contributed by atoms with Crippen LogP contribution in [-0.2, 0) is 0 Å². The lowest BCUT2D eigenvalue weighted by atomic mass is 9.87. The van der Waals surface area contributed by atoms with E-state index in [9.17, 15) is 10.2 Å². The van der Waals surface area contributed by atoms with Crippen molar-refractivity contribution < 1.29 is 10.2 Å². The number of allylic oxidation sites excluding steroid dienone is 4. The van der Waals surface area contributed by atoms with E-state index in [0.717, 1.165) is 11.1 Å². The Balaban J connectivity index is 1.71. The van der Waals surface area contributed by atoms with Gasteiger partial charge in [0, 0.05) is 17.6 Å². The van der Waals surface area contributed by atoms with Crippen LogP contribution < -0.4 is 0 Å². The van der Waals surface area contributed by atoms with Crippen molar-refractivity contribution >= 4 is 11.1 Å². The SMILES string of the molecule is OC1=C(c2ccccc2O)CC(=C2c3ccccc3-c3ccccc32)C=C1. The van der Waals surface area contributed by atoms with E-state index in [1.807, 2.05) is 18.2 Å². The second-order valence-corrected chi connectivity index (χ2v) is 6.88. The summed E-state index contributed by atoms with van der Waals surface area (Å²) in [5, 5.41) is 20.7. The fourth-order valence-corrected chi connectivity index (χ4v) is 4.12. The molecule has 130 valence electrons. The Morgan fingerprint density at radius 1 is 0.556 bits per heavy atom. The molecule has 3 aromatic carbocycles. The smallest absolute Gasteiger partial charge is 0.123 e. The zero-order chi connectivity index (χ0) is 18.4. The van der Waals surface area contributed by atoms with Crippen molar-refractivity contribution in [2.75, 3.05) is 0 Å². The molecule has 0 radical (unpaired) electrons. The Bertz CT molecular complexity index is 1110. The highest BCUT2D eigenvalue weighted by Crippen LogP contribution is 2.48. The van der Waals surface area contributed by atoms with Crippen LogP contribution in [0.4, 0.5) is 0 Å². The van der Waals surface area contributed by atoms with Gasteiger partial charge < -0.3 is 10.2 Å². The van der Waals surface area contributed by atoms with Gasteiger partial charge in [0.05, 0.1) is 0 Å². The van der Waals surface area contributed by atoms with E-state index in [2.05, 4.69) is 48.5 Å². The van der Waals surface area contributed by atoms with Crippen molar-refractivity contribution in [3.8, 4) is 16.9 Å². The van der Waals surface area contributed by atoms with Crippen molar-refractivity contribution in [1.82, 2.24) is 0 Å². The lowest BCUT2D eigenvalue weighted by molar-refractivity contribution is 0.431. The predicted molar refractivity (Wildman–Crippen MR) is 109 cm³/mol. The van der Waals surface area contributed by atoms with Crippen molar-refractivity contribution in [1.29, 1.82) is 0 Å². The van der Waals surface area contributed by atoms with Gasteiger partial charge in [-0.25, -0.2) is 0 Å². The number of rotatable bonds is 1. The van der Waals surface area contributed by atoms with Crippen LogP contribution in [0.25, 0.3) is 22.3 Å². The normalized spacial score (nSPS) is 15.1. The third-order valence-electron chi connectivity index (χ3n) is 5.35. The molecule has 0 aliphatic heterocycles. The quantitative estimate of drug-likeness (QED) is 0.435. The van der Waals surface area contributed by atoms with E-state index in [-0.39, 0.29) is 11.5 Å². The number of para-hydroxylation sites is 1. The number of aromatic hydroxyl groups is 1. The highest BCUT2D eigenvalue weighted by atomic mass is 16.3. The van der Waals surface area contributed by atoms with Gasteiger partial charge in [-0.1, -0.05) is 72.8 Å².